The molecule has 1 saturated carbocycles. The summed E-state index contributed by atoms with van der Waals surface area (Å²) in [5.74, 6) is 0.505. The second-order valence-corrected chi connectivity index (χ2v) is 6.86. The predicted molar refractivity (Wildman–Crippen MR) is 89.6 cm³/mol. The van der Waals surface area contributed by atoms with Gasteiger partial charge in [-0.05, 0) is 41.3 Å². The molecule has 1 aliphatic carbocycles. The van der Waals surface area contributed by atoms with Crippen LogP contribution in [0.25, 0.3) is 10.8 Å². The van der Waals surface area contributed by atoms with Crippen molar-refractivity contribution >= 4 is 10.8 Å². The summed E-state index contributed by atoms with van der Waals surface area (Å²) in [6, 6.07) is 6.94. The Hall–Kier alpha value is -1.41. The molecule has 1 heterocycles. The summed E-state index contributed by atoms with van der Waals surface area (Å²) in [7, 11) is 0. The van der Waals surface area contributed by atoms with Crippen LogP contribution in [0.1, 0.15) is 63.0 Å². The van der Waals surface area contributed by atoms with Crippen LogP contribution in [-0.4, -0.2) is 11.5 Å². The maximum Gasteiger partial charge on any atom is 0.0346 e. The first kappa shape index (κ1) is 14.5. The van der Waals surface area contributed by atoms with E-state index in [1.165, 1.54) is 54.0 Å². The summed E-state index contributed by atoms with van der Waals surface area (Å²) in [5, 5.41) is 2.60. The van der Waals surface area contributed by atoms with Crippen molar-refractivity contribution < 1.29 is 0 Å². The molecule has 0 aliphatic heterocycles. The first-order chi connectivity index (χ1) is 10.2. The van der Waals surface area contributed by atoms with Crippen LogP contribution in [0.15, 0.2) is 30.6 Å². The van der Waals surface area contributed by atoms with Crippen molar-refractivity contribution in [3.05, 3.63) is 41.7 Å². The highest BCUT2D eigenvalue weighted by Crippen LogP contribution is 2.40. The van der Waals surface area contributed by atoms with Crippen LogP contribution >= 0.6 is 0 Å². The van der Waals surface area contributed by atoms with Crippen LogP contribution in [0.5, 0.6) is 0 Å². The molecule has 1 fully saturated rings. The summed E-state index contributed by atoms with van der Waals surface area (Å²) in [4.78, 5) is 4.44. The van der Waals surface area contributed by atoms with Gasteiger partial charge in [0, 0.05) is 29.7 Å². The molecule has 0 unspecified atom stereocenters. The Morgan fingerprint density at radius 1 is 1.14 bits per heavy atom. The Morgan fingerprint density at radius 2 is 1.90 bits per heavy atom. The Bertz CT molecular complexity index is 624. The molecule has 112 valence electrons. The van der Waals surface area contributed by atoms with Crippen molar-refractivity contribution in [3.63, 3.8) is 0 Å². The van der Waals surface area contributed by atoms with Crippen LogP contribution < -0.4 is 5.73 Å². The minimum atomic E-state index is 0.195. The van der Waals surface area contributed by atoms with Gasteiger partial charge in [-0.25, -0.2) is 0 Å². The molecular formula is C19H26N2. The van der Waals surface area contributed by atoms with E-state index in [1.807, 2.05) is 12.4 Å². The molecule has 0 radical (unpaired) electrons. The molecule has 0 amide bonds. The summed E-state index contributed by atoms with van der Waals surface area (Å²) in [5.41, 5.74) is 9.13. The summed E-state index contributed by atoms with van der Waals surface area (Å²) < 4.78 is 0. The second kappa shape index (κ2) is 5.76. The van der Waals surface area contributed by atoms with Crippen molar-refractivity contribution in [1.29, 1.82) is 0 Å². The normalized spacial score (nSPS) is 18.3. The van der Waals surface area contributed by atoms with Crippen molar-refractivity contribution in [3.8, 4) is 0 Å². The number of benzene rings is 1. The van der Waals surface area contributed by atoms with Gasteiger partial charge in [0.25, 0.3) is 0 Å². The SMILES string of the molecule is CC(C)c1cncc2cc(C3(CN)CCCCC3)ccc12. The summed E-state index contributed by atoms with van der Waals surface area (Å²) in [6.45, 7) is 5.22. The van der Waals surface area contributed by atoms with E-state index in [-0.39, 0.29) is 5.41 Å². The van der Waals surface area contributed by atoms with Gasteiger partial charge < -0.3 is 5.73 Å². The van der Waals surface area contributed by atoms with Gasteiger partial charge in [0.05, 0.1) is 0 Å². The van der Waals surface area contributed by atoms with Crippen LogP contribution in [0, 0.1) is 0 Å². The van der Waals surface area contributed by atoms with E-state index in [0.717, 1.165) is 6.54 Å². The molecule has 3 rings (SSSR count). The smallest absolute Gasteiger partial charge is 0.0346 e. The van der Waals surface area contributed by atoms with Crippen LogP contribution in [0.4, 0.5) is 0 Å². The molecule has 1 aliphatic rings. The highest BCUT2D eigenvalue weighted by molar-refractivity contribution is 5.86. The van der Waals surface area contributed by atoms with Gasteiger partial charge in [-0.15, -0.1) is 0 Å². The number of nitrogens with two attached hydrogens (primary N) is 1. The standard InChI is InChI=1S/C19H26N2/c1-14(2)18-12-21-11-15-10-16(6-7-17(15)18)19(13-20)8-4-3-5-9-19/h6-7,10-12,14H,3-5,8-9,13,20H2,1-2H3. The number of hydrogen-bond acceptors (Lipinski definition) is 2. The number of fused-ring (bicyclic) bond motifs is 1. The summed E-state index contributed by atoms with van der Waals surface area (Å²) >= 11 is 0. The fourth-order valence-corrected chi connectivity index (χ4v) is 3.83. The average molecular weight is 282 g/mol. The Kier molecular flexibility index (Phi) is 3.99. The van der Waals surface area contributed by atoms with Crippen molar-refractivity contribution in [2.75, 3.05) is 6.54 Å². The molecule has 2 N–H and O–H groups in total. The van der Waals surface area contributed by atoms with Crippen molar-refractivity contribution in [2.24, 2.45) is 5.73 Å². The fourth-order valence-electron chi connectivity index (χ4n) is 3.83. The number of aromatic nitrogens is 1. The molecule has 1 aromatic heterocycles. The Balaban J connectivity index is 2.09. The number of hydrogen-bond donors (Lipinski definition) is 1. The Morgan fingerprint density at radius 3 is 2.57 bits per heavy atom. The quantitative estimate of drug-likeness (QED) is 0.899. The zero-order valence-corrected chi connectivity index (χ0v) is 13.2. The zero-order valence-electron chi connectivity index (χ0n) is 13.2. The molecule has 0 bridgehead atoms. The molecule has 2 nitrogen and oxygen atoms in total. The zero-order chi connectivity index (χ0) is 14.9. The lowest BCUT2D eigenvalue weighted by Gasteiger charge is -2.37. The average Bonchev–Trinajstić information content (AvgIpc) is 2.54. The van der Waals surface area contributed by atoms with Crippen LogP contribution in [-0.2, 0) is 5.41 Å². The monoisotopic (exact) mass is 282 g/mol. The molecule has 0 saturated heterocycles. The Labute approximate surface area is 127 Å². The lowest BCUT2D eigenvalue weighted by atomic mass is 9.69. The van der Waals surface area contributed by atoms with Gasteiger partial charge in [0.15, 0.2) is 0 Å². The van der Waals surface area contributed by atoms with E-state index in [0.29, 0.717) is 5.92 Å². The minimum Gasteiger partial charge on any atom is -0.330 e. The molecule has 0 spiro atoms. The maximum absolute atomic E-state index is 6.18. The van der Waals surface area contributed by atoms with Crippen LogP contribution in [0.2, 0.25) is 0 Å². The fraction of sp³-hybridized carbons (Fsp3) is 0.526. The lowest BCUT2D eigenvalue weighted by Crippen LogP contribution is -2.37. The van der Waals surface area contributed by atoms with Crippen molar-refractivity contribution in [2.45, 2.75) is 57.3 Å². The molecule has 2 aromatic rings. The third-order valence-electron chi connectivity index (χ3n) is 5.23. The molecule has 2 heteroatoms. The highest BCUT2D eigenvalue weighted by atomic mass is 14.6. The van der Waals surface area contributed by atoms with Gasteiger partial charge in [0.1, 0.15) is 0 Å². The lowest BCUT2D eigenvalue weighted by molar-refractivity contribution is 0.301. The largest absolute Gasteiger partial charge is 0.330 e. The minimum absolute atomic E-state index is 0.195. The molecule has 0 atom stereocenters. The van der Waals surface area contributed by atoms with Crippen LogP contribution in [0.3, 0.4) is 0 Å². The second-order valence-electron chi connectivity index (χ2n) is 6.86. The molecule has 21 heavy (non-hydrogen) atoms. The van der Waals surface area contributed by atoms with Gasteiger partial charge in [-0.1, -0.05) is 45.2 Å². The van der Waals surface area contributed by atoms with E-state index in [2.05, 4.69) is 37.0 Å². The van der Waals surface area contributed by atoms with E-state index in [4.69, 9.17) is 5.73 Å². The summed E-state index contributed by atoms with van der Waals surface area (Å²) in [6.07, 6.45) is 10.4. The van der Waals surface area contributed by atoms with Gasteiger partial charge in [-0.3, -0.25) is 4.98 Å². The van der Waals surface area contributed by atoms with E-state index in [1.54, 1.807) is 0 Å². The first-order valence-corrected chi connectivity index (χ1v) is 8.24. The number of rotatable bonds is 3. The van der Waals surface area contributed by atoms with Gasteiger partial charge in [0.2, 0.25) is 0 Å². The first-order valence-electron chi connectivity index (χ1n) is 8.24. The van der Waals surface area contributed by atoms with E-state index >= 15 is 0 Å². The maximum atomic E-state index is 6.18. The predicted octanol–water partition coefficient (Wildman–Crippen LogP) is 4.52. The van der Waals surface area contributed by atoms with E-state index < -0.39 is 0 Å². The highest BCUT2D eigenvalue weighted by Gasteiger charge is 2.32. The van der Waals surface area contributed by atoms with Crippen molar-refractivity contribution in [1.82, 2.24) is 4.98 Å². The van der Waals surface area contributed by atoms with E-state index in [9.17, 15) is 0 Å². The number of pyridine rings is 1. The third kappa shape index (κ3) is 2.57. The number of nitrogens with zero attached hydrogens (tertiary/aromatic N) is 1. The van der Waals surface area contributed by atoms with Gasteiger partial charge >= 0.3 is 0 Å². The molecule has 1 aromatic carbocycles. The topological polar surface area (TPSA) is 38.9 Å². The molecular weight excluding hydrogens is 256 g/mol. The third-order valence-corrected chi connectivity index (χ3v) is 5.23. The van der Waals surface area contributed by atoms with Gasteiger partial charge in [-0.2, -0.15) is 0 Å².